The maximum Gasteiger partial charge on any atom is 0.319 e. The molecule has 5 rings (SSSR count). The summed E-state index contributed by atoms with van der Waals surface area (Å²) in [5.41, 5.74) is 3.04. The highest BCUT2D eigenvalue weighted by molar-refractivity contribution is 5.92. The number of hydrogen-bond acceptors (Lipinski definition) is 3. The minimum absolute atomic E-state index is 0.00659. The lowest BCUT2D eigenvalue weighted by atomic mass is 9.88. The van der Waals surface area contributed by atoms with E-state index < -0.39 is 31.0 Å². The topological polar surface area (TPSA) is 53.6 Å². The van der Waals surface area contributed by atoms with E-state index in [0.29, 0.717) is 17.4 Å². The van der Waals surface area contributed by atoms with Gasteiger partial charge in [-0.2, -0.15) is 0 Å². The van der Waals surface area contributed by atoms with Crippen molar-refractivity contribution < 1.29 is 18.3 Å². The highest BCUT2D eigenvalue weighted by Crippen LogP contribution is 2.40. The summed E-state index contributed by atoms with van der Waals surface area (Å²) in [6.07, 6.45) is 2.32. The van der Waals surface area contributed by atoms with Crippen molar-refractivity contribution in [1.82, 2.24) is 10.2 Å². The summed E-state index contributed by atoms with van der Waals surface area (Å²) in [4.78, 5) is 15.8. The minimum Gasteiger partial charge on any atom is -0.481 e. The van der Waals surface area contributed by atoms with Crippen LogP contribution in [-0.2, 0) is 6.54 Å². The molecule has 2 N–H and O–H groups in total. The molecule has 1 saturated heterocycles. The molecule has 2 atom stereocenters. The first-order chi connectivity index (χ1) is 18.0. The van der Waals surface area contributed by atoms with Crippen LogP contribution < -0.4 is 15.4 Å². The number of anilines is 1. The molecule has 37 heavy (non-hydrogen) atoms. The summed E-state index contributed by atoms with van der Waals surface area (Å²) in [6, 6.07) is 22.6. The number of rotatable bonds is 7. The highest BCUT2D eigenvalue weighted by atomic mass is 19.1. The number of carbonyl (C=O) groups is 1. The van der Waals surface area contributed by atoms with E-state index in [2.05, 4.69) is 40.7 Å². The average molecular weight is 506 g/mol. The molecule has 1 fully saturated rings. The molecule has 2 unspecified atom stereocenters. The number of alkyl halides is 2. The maximum absolute atomic E-state index is 13.9. The first-order valence-corrected chi connectivity index (χ1v) is 12.9. The van der Waals surface area contributed by atoms with Gasteiger partial charge in [0.1, 0.15) is 19.1 Å². The van der Waals surface area contributed by atoms with E-state index in [1.165, 1.54) is 0 Å². The molecule has 0 saturated carbocycles. The third-order valence-electron chi connectivity index (χ3n) is 7.55. The Labute approximate surface area is 216 Å². The van der Waals surface area contributed by atoms with Crippen LogP contribution in [0, 0.1) is 0 Å². The predicted octanol–water partition coefficient (Wildman–Crippen LogP) is 6.66. The summed E-state index contributed by atoms with van der Waals surface area (Å²) in [6.45, 7) is 2.02. The van der Waals surface area contributed by atoms with Gasteiger partial charge in [-0.15, -0.1) is 0 Å². The van der Waals surface area contributed by atoms with E-state index >= 15 is 0 Å². The lowest BCUT2D eigenvalue weighted by molar-refractivity contribution is -0.0105. The van der Waals surface area contributed by atoms with E-state index in [-0.39, 0.29) is 6.42 Å². The molecule has 3 aromatic carbocycles. The predicted molar refractivity (Wildman–Crippen MR) is 142 cm³/mol. The SMILES string of the molecule is CC1CCCN1Cc1c(NC(=O)NC2CC(CF)(CF)Oc3ccccc32)cccc1-c1ccccc1. The van der Waals surface area contributed by atoms with E-state index in [1.54, 1.807) is 12.1 Å². The molecule has 0 radical (unpaired) electrons. The van der Waals surface area contributed by atoms with Gasteiger partial charge in [0.2, 0.25) is 0 Å². The first-order valence-electron chi connectivity index (χ1n) is 12.9. The normalized spacial score (nSPS) is 20.6. The van der Waals surface area contributed by atoms with Gasteiger partial charge in [-0.25, -0.2) is 13.6 Å². The molecule has 0 aliphatic carbocycles. The zero-order valence-corrected chi connectivity index (χ0v) is 21.1. The standard InChI is InChI=1S/C30H33F2N3O2/c1-21-9-8-16-35(21)18-25-23(22-10-3-2-4-11-22)13-7-14-26(25)33-29(36)34-27-17-30(19-31,20-32)37-28-15-6-5-12-24(27)28/h2-7,10-15,21,27H,8-9,16-20H2,1H3,(H2,33,34,36). The van der Waals surface area contributed by atoms with Crippen LogP contribution in [0.3, 0.4) is 0 Å². The molecule has 0 aromatic heterocycles. The molecular weight excluding hydrogens is 472 g/mol. The Bertz CT molecular complexity index is 1230. The van der Waals surface area contributed by atoms with Crippen molar-refractivity contribution in [2.75, 3.05) is 25.2 Å². The largest absolute Gasteiger partial charge is 0.481 e. The van der Waals surface area contributed by atoms with Crippen molar-refractivity contribution in [3.8, 4) is 16.9 Å². The molecule has 3 aromatic rings. The molecule has 2 heterocycles. The maximum atomic E-state index is 13.9. The number of likely N-dealkylation sites (tertiary alicyclic amines) is 1. The molecule has 7 heteroatoms. The summed E-state index contributed by atoms with van der Waals surface area (Å²) < 4.78 is 33.4. The summed E-state index contributed by atoms with van der Waals surface area (Å²) in [5, 5.41) is 6.00. The van der Waals surface area contributed by atoms with Crippen molar-refractivity contribution in [2.24, 2.45) is 0 Å². The fourth-order valence-electron chi connectivity index (χ4n) is 5.46. The Balaban J connectivity index is 1.42. The lowest BCUT2D eigenvalue weighted by Gasteiger charge is -2.39. The van der Waals surface area contributed by atoms with Crippen LogP contribution in [0.1, 0.15) is 43.4 Å². The van der Waals surface area contributed by atoms with Gasteiger partial charge in [0.05, 0.1) is 6.04 Å². The lowest BCUT2D eigenvalue weighted by Crippen LogP contribution is -2.49. The quantitative estimate of drug-likeness (QED) is 0.378. The van der Waals surface area contributed by atoms with Gasteiger partial charge >= 0.3 is 6.03 Å². The van der Waals surface area contributed by atoms with Crippen molar-refractivity contribution in [3.63, 3.8) is 0 Å². The molecular formula is C30H33F2N3O2. The van der Waals surface area contributed by atoms with Crippen LogP contribution in [0.25, 0.3) is 11.1 Å². The molecule has 5 nitrogen and oxygen atoms in total. The smallest absolute Gasteiger partial charge is 0.319 e. The minimum atomic E-state index is -1.60. The Kier molecular flexibility index (Phi) is 7.42. The van der Waals surface area contributed by atoms with E-state index in [1.807, 2.05) is 42.5 Å². The van der Waals surface area contributed by atoms with Crippen LogP contribution in [-0.4, -0.2) is 42.5 Å². The number of amides is 2. The average Bonchev–Trinajstić information content (AvgIpc) is 3.34. The third kappa shape index (κ3) is 5.32. The number of fused-ring (bicyclic) bond motifs is 1. The fraction of sp³-hybridized carbons (Fsp3) is 0.367. The second kappa shape index (κ2) is 10.9. The number of ether oxygens (including phenoxy) is 1. The number of carbonyl (C=O) groups excluding carboxylic acids is 1. The monoisotopic (exact) mass is 505 g/mol. The van der Waals surface area contributed by atoms with Crippen LogP contribution >= 0.6 is 0 Å². The van der Waals surface area contributed by atoms with Gasteiger partial charge in [-0.1, -0.05) is 60.7 Å². The fourth-order valence-corrected chi connectivity index (χ4v) is 5.46. The van der Waals surface area contributed by atoms with Gasteiger partial charge in [0.25, 0.3) is 0 Å². The van der Waals surface area contributed by atoms with Gasteiger partial charge < -0.3 is 15.4 Å². The molecule has 194 valence electrons. The van der Waals surface area contributed by atoms with Crippen LogP contribution in [0.15, 0.2) is 72.8 Å². The zero-order valence-electron chi connectivity index (χ0n) is 21.1. The van der Waals surface area contributed by atoms with Crippen LogP contribution in [0.5, 0.6) is 5.75 Å². The number of hydrogen-bond donors (Lipinski definition) is 2. The van der Waals surface area contributed by atoms with E-state index in [0.717, 1.165) is 48.3 Å². The number of urea groups is 1. The first kappa shape index (κ1) is 25.2. The van der Waals surface area contributed by atoms with Crippen molar-refractivity contribution in [1.29, 1.82) is 0 Å². The van der Waals surface area contributed by atoms with Gasteiger partial charge in [0, 0.05) is 30.3 Å². The Hall–Kier alpha value is -3.45. The van der Waals surface area contributed by atoms with Gasteiger partial charge in [-0.05, 0) is 55.1 Å². The van der Waals surface area contributed by atoms with Gasteiger partial charge in [0.15, 0.2) is 5.60 Å². The molecule has 2 aliphatic rings. The summed E-state index contributed by atoms with van der Waals surface area (Å²) >= 11 is 0. The van der Waals surface area contributed by atoms with Crippen molar-refractivity contribution in [2.45, 2.75) is 50.4 Å². The number of para-hydroxylation sites is 1. The zero-order chi connectivity index (χ0) is 25.8. The molecule has 2 aliphatic heterocycles. The molecule has 2 amide bonds. The summed E-state index contributed by atoms with van der Waals surface area (Å²) in [5.74, 6) is 0.393. The molecule has 0 spiro atoms. The van der Waals surface area contributed by atoms with Crippen molar-refractivity contribution >= 4 is 11.7 Å². The molecule has 0 bridgehead atoms. The van der Waals surface area contributed by atoms with E-state index in [9.17, 15) is 13.6 Å². The van der Waals surface area contributed by atoms with Gasteiger partial charge in [-0.3, -0.25) is 4.90 Å². The number of nitrogens with one attached hydrogen (secondary N) is 2. The number of benzene rings is 3. The second-order valence-corrected chi connectivity index (χ2v) is 10.1. The number of halogens is 2. The highest BCUT2D eigenvalue weighted by Gasteiger charge is 2.42. The van der Waals surface area contributed by atoms with Crippen molar-refractivity contribution in [3.05, 3.63) is 83.9 Å². The summed E-state index contributed by atoms with van der Waals surface area (Å²) in [7, 11) is 0. The van der Waals surface area contributed by atoms with Crippen LogP contribution in [0.4, 0.5) is 19.3 Å². The third-order valence-corrected chi connectivity index (χ3v) is 7.55. The van der Waals surface area contributed by atoms with Crippen LogP contribution in [0.2, 0.25) is 0 Å². The second-order valence-electron chi connectivity index (χ2n) is 10.1. The Morgan fingerprint density at radius 2 is 1.78 bits per heavy atom. The van der Waals surface area contributed by atoms with E-state index in [4.69, 9.17) is 4.74 Å². The Morgan fingerprint density at radius 1 is 1.03 bits per heavy atom. The Morgan fingerprint density at radius 3 is 2.51 bits per heavy atom. The number of nitrogens with zero attached hydrogens (tertiary/aromatic N) is 1.